The normalized spacial score (nSPS) is 9.90. The molecule has 1 aromatic heterocycles. The summed E-state index contributed by atoms with van der Waals surface area (Å²) in [7, 11) is 0. The Labute approximate surface area is 61.8 Å². The summed E-state index contributed by atoms with van der Waals surface area (Å²) in [5, 5.41) is 21.2. The molecule has 10 heavy (non-hydrogen) atoms. The smallest absolute Gasteiger partial charge is 0.113 e. The third-order valence-corrected chi connectivity index (χ3v) is 1.83. The van der Waals surface area contributed by atoms with Gasteiger partial charge < -0.3 is 5.21 Å². The second-order valence-electron chi connectivity index (χ2n) is 1.56. The van der Waals surface area contributed by atoms with E-state index in [9.17, 15) is 0 Å². The van der Waals surface area contributed by atoms with E-state index in [-0.39, 0.29) is 0 Å². The molecule has 0 spiro atoms. The Bertz CT molecular complexity index is 284. The van der Waals surface area contributed by atoms with E-state index in [0.717, 1.165) is 0 Å². The van der Waals surface area contributed by atoms with Crippen LogP contribution in [0.1, 0.15) is 10.4 Å². The fourth-order valence-electron chi connectivity index (χ4n) is 0.574. The minimum atomic E-state index is 0.567. The van der Waals surface area contributed by atoms with Gasteiger partial charge in [-0.15, -0.1) is 11.3 Å². The molecule has 0 bridgehead atoms. The van der Waals surface area contributed by atoms with Crippen molar-refractivity contribution in [3.8, 4) is 6.07 Å². The van der Waals surface area contributed by atoms with Gasteiger partial charge >= 0.3 is 0 Å². The molecule has 0 aliphatic heterocycles. The van der Waals surface area contributed by atoms with Gasteiger partial charge in [0, 0.05) is 5.56 Å². The van der Waals surface area contributed by atoms with E-state index in [1.54, 1.807) is 11.4 Å². The van der Waals surface area contributed by atoms with Gasteiger partial charge in [0.05, 0.1) is 6.21 Å². The predicted octanol–water partition coefficient (Wildman–Crippen LogP) is 1.43. The van der Waals surface area contributed by atoms with Gasteiger partial charge in [-0.3, -0.25) is 0 Å². The van der Waals surface area contributed by atoms with E-state index in [2.05, 4.69) is 5.16 Å². The average molecular weight is 152 g/mol. The molecule has 0 fully saturated rings. The summed E-state index contributed by atoms with van der Waals surface area (Å²) in [6, 6.07) is 3.70. The summed E-state index contributed by atoms with van der Waals surface area (Å²) < 4.78 is 0. The molecular formula is C6H4N2OS. The van der Waals surface area contributed by atoms with Gasteiger partial charge in [-0.05, 0) is 11.4 Å². The Morgan fingerprint density at radius 3 is 3.20 bits per heavy atom. The molecule has 1 rings (SSSR count). The summed E-state index contributed by atoms with van der Waals surface area (Å²) in [5.74, 6) is 0. The van der Waals surface area contributed by atoms with E-state index in [0.29, 0.717) is 10.4 Å². The molecule has 1 aromatic rings. The van der Waals surface area contributed by atoms with Crippen LogP contribution in [0.25, 0.3) is 0 Å². The standard InChI is InChI=1S/C6H4N2OS/c7-3-6-5(4-8-9)1-2-10-6/h1-2,4,9H/b8-4+. The lowest BCUT2D eigenvalue weighted by Gasteiger charge is -1.80. The first-order valence-electron chi connectivity index (χ1n) is 2.53. The molecule has 1 N–H and O–H groups in total. The lowest BCUT2D eigenvalue weighted by molar-refractivity contribution is 0.322. The van der Waals surface area contributed by atoms with Crippen LogP contribution in [0.4, 0.5) is 0 Å². The van der Waals surface area contributed by atoms with Crippen LogP contribution in [-0.2, 0) is 0 Å². The Balaban J connectivity index is 3.04. The first-order chi connectivity index (χ1) is 4.88. The van der Waals surface area contributed by atoms with Gasteiger partial charge in [0.25, 0.3) is 0 Å². The monoisotopic (exact) mass is 152 g/mol. The number of hydrogen-bond donors (Lipinski definition) is 1. The Morgan fingerprint density at radius 2 is 2.60 bits per heavy atom. The SMILES string of the molecule is N#Cc1sccc1/C=N/O. The molecule has 1 heterocycles. The van der Waals surface area contributed by atoms with Gasteiger partial charge in [-0.25, -0.2) is 0 Å². The van der Waals surface area contributed by atoms with Gasteiger partial charge in [0.15, 0.2) is 0 Å². The fraction of sp³-hybridized carbons (Fsp3) is 0. The highest BCUT2D eigenvalue weighted by molar-refractivity contribution is 7.10. The highest BCUT2D eigenvalue weighted by Crippen LogP contribution is 2.12. The van der Waals surface area contributed by atoms with E-state index in [1.807, 2.05) is 6.07 Å². The molecule has 0 amide bonds. The third kappa shape index (κ3) is 1.14. The van der Waals surface area contributed by atoms with Crippen molar-refractivity contribution in [1.29, 1.82) is 5.26 Å². The van der Waals surface area contributed by atoms with Gasteiger partial charge in [-0.1, -0.05) is 5.16 Å². The number of hydrogen-bond acceptors (Lipinski definition) is 4. The van der Waals surface area contributed by atoms with Crippen LogP contribution >= 0.6 is 11.3 Å². The van der Waals surface area contributed by atoms with Crippen LogP contribution in [0.15, 0.2) is 16.6 Å². The molecule has 0 saturated heterocycles. The second-order valence-corrected chi connectivity index (χ2v) is 2.48. The molecule has 4 heteroatoms. The zero-order valence-corrected chi connectivity index (χ0v) is 5.80. The van der Waals surface area contributed by atoms with E-state index < -0.39 is 0 Å². The number of oxime groups is 1. The van der Waals surface area contributed by atoms with Crippen LogP contribution in [0, 0.1) is 11.3 Å². The lowest BCUT2D eigenvalue weighted by atomic mass is 10.3. The zero-order chi connectivity index (χ0) is 7.40. The van der Waals surface area contributed by atoms with Gasteiger partial charge in [0.2, 0.25) is 0 Å². The molecular weight excluding hydrogens is 148 g/mol. The number of nitriles is 1. The average Bonchev–Trinajstić information content (AvgIpc) is 2.36. The van der Waals surface area contributed by atoms with Crippen molar-refractivity contribution in [3.63, 3.8) is 0 Å². The maximum atomic E-state index is 8.45. The zero-order valence-electron chi connectivity index (χ0n) is 4.98. The van der Waals surface area contributed by atoms with Crippen LogP contribution in [0.3, 0.4) is 0 Å². The van der Waals surface area contributed by atoms with Crippen LogP contribution in [0.2, 0.25) is 0 Å². The Kier molecular flexibility index (Phi) is 2.03. The van der Waals surface area contributed by atoms with Gasteiger partial charge in [0.1, 0.15) is 10.9 Å². The summed E-state index contributed by atoms with van der Waals surface area (Å²) in [4.78, 5) is 0.567. The molecule has 0 unspecified atom stereocenters. The van der Waals surface area contributed by atoms with Crippen LogP contribution in [-0.4, -0.2) is 11.4 Å². The highest BCUT2D eigenvalue weighted by atomic mass is 32.1. The van der Waals surface area contributed by atoms with E-state index in [4.69, 9.17) is 10.5 Å². The maximum Gasteiger partial charge on any atom is 0.113 e. The molecule has 0 saturated carbocycles. The third-order valence-electron chi connectivity index (χ3n) is 0.994. The van der Waals surface area contributed by atoms with Crippen molar-refractivity contribution >= 4 is 17.6 Å². The number of thiophene rings is 1. The molecule has 0 aromatic carbocycles. The number of rotatable bonds is 1. The minimum absolute atomic E-state index is 0.567. The molecule has 3 nitrogen and oxygen atoms in total. The van der Waals surface area contributed by atoms with E-state index in [1.165, 1.54) is 17.6 Å². The van der Waals surface area contributed by atoms with Crippen molar-refractivity contribution in [2.75, 3.05) is 0 Å². The quantitative estimate of drug-likeness (QED) is 0.376. The molecule has 50 valence electrons. The van der Waals surface area contributed by atoms with E-state index >= 15 is 0 Å². The molecule has 0 aliphatic carbocycles. The molecule has 0 atom stereocenters. The highest BCUT2D eigenvalue weighted by Gasteiger charge is 1.98. The van der Waals surface area contributed by atoms with Crippen LogP contribution < -0.4 is 0 Å². The van der Waals surface area contributed by atoms with Crippen molar-refractivity contribution in [1.82, 2.24) is 0 Å². The summed E-state index contributed by atoms with van der Waals surface area (Å²) in [6.07, 6.45) is 1.25. The molecule has 0 aliphatic rings. The second kappa shape index (κ2) is 2.99. The van der Waals surface area contributed by atoms with Crippen molar-refractivity contribution < 1.29 is 5.21 Å². The van der Waals surface area contributed by atoms with Crippen molar-refractivity contribution in [2.24, 2.45) is 5.16 Å². The summed E-state index contributed by atoms with van der Waals surface area (Å²) in [6.45, 7) is 0. The maximum absolute atomic E-state index is 8.45. The Hall–Kier alpha value is -1.34. The lowest BCUT2D eigenvalue weighted by Crippen LogP contribution is -1.78. The van der Waals surface area contributed by atoms with Gasteiger partial charge in [-0.2, -0.15) is 5.26 Å². The summed E-state index contributed by atoms with van der Waals surface area (Å²) in [5.41, 5.74) is 0.662. The first kappa shape index (κ1) is 6.78. The molecule has 0 radical (unpaired) electrons. The summed E-state index contributed by atoms with van der Waals surface area (Å²) >= 11 is 1.33. The predicted molar refractivity (Wildman–Crippen MR) is 38.4 cm³/mol. The van der Waals surface area contributed by atoms with Crippen molar-refractivity contribution in [3.05, 3.63) is 21.9 Å². The minimum Gasteiger partial charge on any atom is -0.411 e. The fourth-order valence-corrected chi connectivity index (χ4v) is 1.23. The first-order valence-corrected chi connectivity index (χ1v) is 3.41. The van der Waals surface area contributed by atoms with Crippen molar-refractivity contribution in [2.45, 2.75) is 0 Å². The Morgan fingerprint density at radius 1 is 1.80 bits per heavy atom. The van der Waals surface area contributed by atoms with Crippen LogP contribution in [0.5, 0.6) is 0 Å². The number of nitrogens with zero attached hydrogens (tertiary/aromatic N) is 2. The topological polar surface area (TPSA) is 56.4 Å². The largest absolute Gasteiger partial charge is 0.411 e.